The van der Waals surface area contributed by atoms with Gasteiger partial charge < -0.3 is 0 Å². The average molecular weight is 251 g/mol. The SMILES string of the molecule is CC[C@H](C)CC1(C#N)C=CC(c2ccccc2)C=C1. The summed E-state index contributed by atoms with van der Waals surface area (Å²) in [6, 6.07) is 12.9. The summed E-state index contributed by atoms with van der Waals surface area (Å²) in [6.45, 7) is 4.39. The van der Waals surface area contributed by atoms with Crippen molar-refractivity contribution in [1.82, 2.24) is 0 Å². The molecule has 0 heterocycles. The molecule has 0 unspecified atom stereocenters. The van der Waals surface area contributed by atoms with Gasteiger partial charge in [-0.3, -0.25) is 0 Å². The monoisotopic (exact) mass is 251 g/mol. The fourth-order valence-electron chi connectivity index (χ4n) is 2.55. The molecule has 1 heteroatoms. The van der Waals surface area contributed by atoms with E-state index in [-0.39, 0.29) is 0 Å². The molecular formula is C18H21N. The Hall–Kier alpha value is -1.81. The molecule has 98 valence electrons. The van der Waals surface area contributed by atoms with Crippen LogP contribution in [0, 0.1) is 22.7 Å². The number of benzene rings is 1. The minimum absolute atomic E-state index is 0.305. The highest BCUT2D eigenvalue weighted by atomic mass is 14.4. The quantitative estimate of drug-likeness (QED) is 0.702. The normalized spacial score (nSPS) is 26.9. The molecule has 1 aromatic rings. The summed E-state index contributed by atoms with van der Waals surface area (Å²) in [5.74, 6) is 0.877. The van der Waals surface area contributed by atoms with E-state index >= 15 is 0 Å². The first-order valence-corrected chi connectivity index (χ1v) is 7.04. The lowest BCUT2D eigenvalue weighted by Gasteiger charge is -2.26. The molecule has 2 rings (SSSR count). The second-order valence-electron chi connectivity index (χ2n) is 5.52. The van der Waals surface area contributed by atoms with Gasteiger partial charge in [0, 0.05) is 5.92 Å². The minimum atomic E-state index is -0.402. The predicted octanol–water partition coefficient (Wildman–Crippen LogP) is 4.84. The molecule has 0 amide bonds. The van der Waals surface area contributed by atoms with Gasteiger partial charge in [0.05, 0.1) is 11.5 Å². The highest BCUT2D eigenvalue weighted by Crippen LogP contribution is 2.36. The Morgan fingerprint density at radius 1 is 1.21 bits per heavy atom. The number of nitriles is 1. The van der Waals surface area contributed by atoms with Gasteiger partial charge in [-0.15, -0.1) is 0 Å². The van der Waals surface area contributed by atoms with Crippen molar-refractivity contribution in [3.63, 3.8) is 0 Å². The second kappa shape index (κ2) is 5.89. The van der Waals surface area contributed by atoms with Crippen LogP contribution in [-0.4, -0.2) is 0 Å². The molecule has 19 heavy (non-hydrogen) atoms. The molecule has 0 fully saturated rings. The smallest absolute Gasteiger partial charge is 0.0936 e. The van der Waals surface area contributed by atoms with Crippen molar-refractivity contribution in [3.8, 4) is 6.07 Å². The van der Waals surface area contributed by atoms with Gasteiger partial charge in [0.1, 0.15) is 0 Å². The molecule has 0 aromatic heterocycles. The van der Waals surface area contributed by atoms with E-state index in [1.165, 1.54) is 5.56 Å². The van der Waals surface area contributed by atoms with Crippen LogP contribution in [0.4, 0.5) is 0 Å². The van der Waals surface area contributed by atoms with Crippen LogP contribution >= 0.6 is 0 Å². The highest BCUT2D eigenvalue weighted by molar-refractivity contribution is 5.37. The first kappa shape index (κ1) is 13.6. The van der Waals surface area contributed by atoms with Gasteiger partial charge in [-0.1, -0.05) is 74.9 Å². The van der Waals surface area contributed by atoms with Crippen LogP contribution in [0.1, 0.15) is 38.2 Å². The second-order valence-corrected chi connectivity index (χ2v) is 5.52. The lowest BCUT2D eigenvalue weighted by Crippen LogP contribution is -2.19. The van der Waals surface area contributed by atoms with E-state index in [4.69, 9.17) is 0 Å². The maximum Gasteiger partial charge on any atom is 0.0936 e. The Balaban J connectivity index is 2.15. The molecule has 1 aliphatic rings. The largest absolute Gasteiger partial charge is 0.197 e. The number of rotatable bonds is 4. The summed E-state index contributed by atoms with van der Waals surface area (Å²) in [6.07, 6.45) is 10.6. The molecule has 1 aliphatic carbocycles. The standard InChI is InChI=1S/C18H21N/c1-3-15(2)13-18(14-19)11-9-17(10-12-18)16-7-5-4-6-8-16/h4-12,15,17H,3,13H2,1-2H3/t15-,17?,18?/m0/s1. The van der Waals surface area contributed by atoms with Gasteiger partial charge in [-0.25, -0.2) is 0 Å². The van der Waals surface area contributed by atoms with Crippen LogP contribution in [-0.2, 0) is 0 Å². The summed E-state index contributed by atoms with van der Waals surface area (Å²) in [7, 11) is 0. The molecule has 1 nitrogen and oxygen atoms in total. The van der Waals surface area contributed by atoms with Gasteiger partial charge in [0.15, 0.2) is 0 Å². The van der Waals surface area contributed by atoms with E-state index in [1.54, 1.807) is 0 Å². The molecule has 0 saturated carbocycles. The van der Waals surface area contributed by atoms with Crippen LogP contribution in [0.5, 0.6) is 0 Å². The van der Waals surface area contributed by atoms with E-state index in [1.807, 2.05) is 6.07 Å². The van der Waals surface area contributed by atoms with Crippen LogP contribution in [0.15, 0.2) is 54.6 Å². The first-order valence-electron chi connectivity index (χ1n) is 7.04. The molecule has 0 saturated heterocycles. The van der Waals surface area contributed by atoms with Gasteiger partial charge in [-0.2, -0.15) is 5.26 Å². The zero-order chi connectivity index (χ0) is 13.7. The van der Waals surface area contributed by atoms with E-state index < -0.39 is 5.41 Å². The first-order chi connectivity index (χ1) is 9.19. The molecule has 0 radical (unpaired) electrons. The van der Waals surface area contributed by atoms with Crippen LogP contribution in [0.25, 0.3) is 0 Å². The number of nitrogens with zero attached hydrogens (tertiary/aromatic N) is 1. The molecule has 0 N–H and O–H groups in total. The highest BCUT2D eigenvalue weighted by Gasteiger charge is 2.28. The Morgan fingerprint density at radius 3 is 2.37 bits per heavy atom. The molecule has 1 atom stereocenters. The molecule has 1 aromatic carbocycles. The topological polar surface area (TPSA) is 23.8 Å². The van der Waals surface area contributed by atoms with Gasteiger partial charge >= 0.3 is 0 Å². The maximum absolute atomic E-state index is 9.49. The van der Waals surface area contributed by atoms with Crippen molar-refractivity contribution >= 4 is 0 Å². The van der Waals surface area contributed by atoms with Crippen LogP contribution < -0.4 is 0 Å². The van der Waals surface area contributed by atoms with Crippen molar-refractivity contribution < 1.29 is 0 Å². The lowest BCUT2D eigenvalue weighted by atomic mass is 9.75. The molecule has 0 spiro atoms. The Bertz CT molecular complexity index is 490. The summed E-state index contributed by atoms with van der Waals surface area (Å²) in [4.78, 5) is 0. The molecule has 0 aliphatic heterocycles. The third kappa shape index (κ3) is 3.15. The number of hydrogen-bond donors (Lipinski definition) is 0. The molecular weight excluding hydrogens is 230 g/mol. The van der Waals surface area contributed by atoms with Crippen molar-refractivity contribution in [2.75, 3.05) is 0 Å². The fraction of sp³-hybridized carbons (Fsp3) is 0.389. The summed E-state index contributed by atoms with van der Waals surface area (Å²) >= 11 is 0. The number of hydrogen-bond acceptors (Lipinski definition) is 1. The minimum Gasteiger partial charge on any atom is -0.197 e. The number of allylic oxidation sites excluding steroid dienone is 4. The summed E-state index contributed by atoms with van der Waals surface area (Å²) < 4.78 is 0. The zero-order valence-electron chi connectivity index (χ0n) is 11.7. The Labute approximate surface area is 116 Å². The van der Waals surface area contributed by atoms with Gasteiger partial charge in [-0.05, 0) is 17.9 Å². The van der Waals surface area contributed by atoms with Crippen molar-refractivity contribution in [2.24, 2.45) is 11.3 Å². The molecule has 0 bridgehead atoms. The lowest BCUT2D eigenvalue weighted by molar-refractivity contribution is 0.417. The fourth-order valence-corrected chi connectivity index (χ4v) is 2.55. The third-order valence-corrected chi connectivity index (χ3v) is 3.98. The summed E-state index contributed by atoms with van der Waals surface area (Å²) in [5, 5.41) is 9.49. The van der Waals surface area contributed by atoms with E-state index in [0.29, 0.717) is 11.8 Å². The Kier molecular flexibility index (Phi) is 4.22. The van der Waals surface area contributed by atoms with Gasteiger partial charge in [0.25, 0.3) is 0 Å². The van der Waals surface area contributed by atoms with Crippen LogP contribution in [0.2, 0.25) is 0 Å². The van der Waals surface area contributed by atoms with Crippen molar-refractivity contribution in [1.29, 1.82) is 5.26 Å². The van der Waals surface area contributed by atoms with E-state index in [9.17, 15) is 5.26 Å². The Morgan fingerprint density at radius 2 is 1.84 bits per heavy atom. The average Bonchev–Trinajstić information content (AvgIpc) is 2.48. The maximum atomic E-state index is 9.49. The zero-order valence-corrected chi connectivity index (χ0v) is 11.7. The predicted molar refractivity (Wildman–Crippen MR) is 79.6 cm³/mol. The van der Waals surface area contributed by atoms with Crippen molar-refractivity contribution in [3.05, 3.63) is 60.2 Å². The van der Waals surface area contributed by atoms with E-state index in [2.05, 4.69) is 68.5 Å². The van der Waals surface area contributed by atoms with Crippen molar-refractivity contribution in [2.45, 2.75) is 32.6 Å². The summed E-state index contributed by atoms with van der Waals surface area (Å²) in [5.41, 5.74) is 0.880. The third-order valence-electron chi connectivity index (χ3n) is 3.98. The van der Waals surface area contributed by atoms with Gasteiger partial charge in [0.2, 0.25) is 0 Å². The van der Waals surface area contributed by atoms with Crippen LogP contribution in [0.3, 0.4) is 0 Å². The van der Waals surface area contributed by atoms with E-state index in [0.717, 1.165) is 12.8 Å².